The lowest BCUT2D eigenvalue weighted by atomic mass is 10.0. The molecule has 0 radical (unpaired) electrons. The van der Waals surface area contributed by atoms with Crippen molar-refractivity contribution in [2.24, 2.45) is 5.10 Å². The second kappa shape index (κ2) is 12.6. The van der Waals surface area contributed by atoms with Crippen molar-refractivity contribution in [1.29, 1.82) is 0 Å². The molecule has 0 bridgehead atoms. The summed E-state index contributed by atoms with van der Waals surface area (Å²) in [6.45, 7) is 3.22. The number of hydrogen-bond donors (Lipinski definition) is 2. The summed E-state index contributed by atoms with van der Waals surface area (Å²) in [4.78, 5) is 40.9. The minimum atomic E-state index is -0.671. The zero-order chi connectivity index (χ0) is 30.5. The van der Waals surface area contributed by atoms with Crippen LogP contribution in [0.3, 0.4) is 0 Å². The number of carbonyl (C=O) groups is 3. The van der Waals surface area contributed by atoms with Crippen LogP contribution >= 0.6 is 11.6 Å². The molecule has 4 aromatic carbocycles. The van der Waals surface area contributed by atoms with Gasteiger partial charge in [0.15, 0.2) is 11.5 Å². The number of aromatic amines is 1. The molecule has 1 amide bonds. The number of esters is 2. The van der Waals surface area contributed by atoms with Crippen LogP contribution in [0.5, 0.6) is 17.2 Å². The first-order chi connectivity index (χ1) is 20.8. The van der Waals surface area contributed by atoms with Crippen molar-refractivity contribution in [3.63, 3.8) is 0 Å². The maximum absolute atomic E-state index is 13.4. The number of hydrogen-bond acceptors (Lipinski definition) is 7. The average molecular weight is 596 g/mol. The molecule has 10 heteroatoms. The second-order valence-corrected chi connectivity index (χ2v) is 9.85. The quantitative estimate of drug-likeness (QED) is 0.0890. The minimum Gasteiger partial charge on any atom is -0.493 e. The molecule has 0 aliphatic heterocycles. The fourth-order valence-electron chi connectivity index (χ4n) is 4.57. The molecule has 0 fully saturated rings. The van der Waals surface area contributed by atoms with Gasteiger partial charge in [-0.25, -0.2) is 10.2 Å². The van der Waals surface area contributed by atoms with Crippen molar-refractivity contribution < 1.29 is 28.6 Å². The van der Waals surface area contributed by atoms with E-state index >= 15 is 0 Å². The number of hydrazone groups is 1. The predicted octanol–water partition coefficient (Wildman–Crippen LogP) is 6.71. The van der Waals surface area contributed by atoms with Gasteiger partial charge in [-0.05, 0) is 48.9 Å². The average Bonchev–Trinajstić information content (AvgIpc) is 3.39. The van der Waals surface area contributed by atoms with Gasteiger partial charge < -0.3 is 19.2 Å². The van der Waals surface area contributed by atoms with Crippen LogP contribution in [-0.4, -0.2) is 36.2 Å². The van der Waals surface area contributed by atoms with Gasteiger partial charge in [-0.3, -0.25) is 9.59 Å². The van der Waals surface area contributed by atoms with Gasteiger partial charge in [0.05, 0.1) is 18.9 Å². The Labute approximate surface area is 252 Å². The Morgan fingerprint density at radius 1 is 0.884 bits per heavy atom. The summed E-state index contributed by atoms with van der Waals surface area (Å²) in [5, 5.41) is 5.51. The summed E-state index contributed by atoms with van der Waals surface area (Å²) in [6, 6.07) is 24.2. The van der Waals surface area contributed by atoms with Crippen LogP contribution in [0.2, 0.25) is 5.02 Å². The van der Waals surface area contributed by atoms with Crippen molar-refractivity contribution in [3.05, 3.63) is 112 Å². The highest BCUT2D eigenvalue weighted by molar-refractivity contribution is 6.34. The number of nitrogens with zero attached hydrogens (tertiary/aromatic N) is 1. The van der Waals surface area contributed by atoms with E-state index in [1.165, 1.54) is 38.4 Å². The summed E-state index contributed by atoms with van der Waals surface area (Å²) >= 11 is 6.52. The standard InChI is InChI=1S/C33H26ClN3O6/c1-19-9-8-12-24-29(23-11-5-6-13-25(23)34)31(36-30(19)24)32(39)37-35-18-22-10-4-7-14-26(22)43-33(40)21-15-16-27(42-20(2)38)28(17-21)41-3/h4-18,36H,1-3H3,(H,37,39). The largest absolute Gasteiger partial charge is 0.493 e. The summed E-state index contributed by atoms with van der Waals surface area (Å²) in [7, 11) is 1.39. The van der Waals surface area contributed by atoms with Crippen molar-refractivity contribution in [1.82, 2.24) is 10.4 Å². The number of benzene rings is 4. The van der Waals surface area contributed by atoms with E-state index in [1.54, 1.807) is 30.3 Å². The summed E-state index contributed by atoms with van der Waals surface area (Å²) in [6.07, 6.45) is 1.38. The van der Waals surface area contributed by atoms with Gasteiger partial charge in [0, 0.05) is 39.5 Å². The fraction of sp³-hybridized carbons (Fsp3) is 0.0909. The molecule has 43 heavy (non-hydrogen) atoms. The molecule has 5 aromatic rings. The number of carbonyl (C=O) groups excluding carboxylic acids is 3. The molecular formula is C33H26ClN3O6. The lowest BCUT2D eigenvalue weighted by Crippen LogP contribution is -2.19. The molecule has 0 spiro atoms. The van der Waals surface area contributed by atoms with Crippen LogP contribution in [0.4, 0.5) is 0 Å². The van der Waals surface area contributed by atoms with Gasteiger partial charge in [-0.1, -0.05) is 60.1 Å². The molecule has 0 unspecified atom stereocenters. The van der Waals surface area contributed by atoms with Crippen LogP contribution in [0.1, 0.15) is 38.9 Å². The Morgan fingerprint density at radius 2 is 1.65 bits per heavy atom. The number of amides is 1. The van der Waals surface area contributed by atoms with Gasteiger partial charge in [-0.2, -0.15) is 5.10 Å². The molecule has 0 saturated heterocycles. The zero-order valence-corrected chi connectivity index (χ0v) is 24.2. The normalized spacial score (nSPS) is 11.0. The summed E-state index contributed by atoms with van der Waals surface area (Å²) in [5.74, 6) is -1.07. The molecular weight excluding hydrogens is 570 g/mol. The van der Waals surface area contributed by atoms with Gasteiger partial charge in [0.25, 0.3) is 5.91 Å². The van der Waals surface area contributed by atoms with Crippen LogP contribution in [0.25, 0.3) is 22.0 Å². The predicted molar refractivity (Wildman–Crippen MR) is 164 cm³/mol. The Hall–Kier alpha value is -5.41. The highest BCUT2D eigenvalue weighted by Crippen LogP contribution is 2.37. The monoisotopic (exact) mass is 595 g/mol. The van der Waals surface area contributed by atoms with Gasteiger partial charge in [-0.15, -0.1) is 0 Å². The maximum atomic E-state index is 13.4. The number of nitrogens with one attached hydrogen (secondary N) is 2. The molecule has 0 saturated carbocycles. The van der Waals surface area contributed by atoms with E-state index in [9.17, 15) is 14.4 Å². The first-order valence-corrected chi connectivity index (χ1v) is 13.5. The molecule has 1 heterocycles. The topological polar surface area (TPSA) is 119 Å². The van der Waals surface area contributed by atoms with Crippen LogP contribution in [0.15, 0.2) is 90.0 Å². The van der Waals surface area contributed by atoms with Gasteiger partial charge >= 0.3 is 11.9 Å². The van der Waals surface area contributed by atoms with Crippen molar-refractivity contribution >= 4 is 46.6 Å². The highest BCUT2D eigenvalue weighted by Gasteiger charge is 2.21. The SMILES string of the molecule is COc1cc(C(=O)Oc2ccccc2C=NNC(=O)c2[nH]c3c(C)cccc3c2-c2ccccc2Cl)ccc1OC(C)=O. The number of methoxy groups -OCH3 is 1. The number of aryl methyl sites for hydroxylation is 1. The number of para-hydroxylation sites is 2. The second-order valence-electron chi connectivity index (χ2n) is 9.44. The Morgan fingerprint density at radius 3 is 2.42 bits per heavy atom. The lowest BCUT2D eigenvalue weighted by Gasteiger charge is -2.11. The van der Waals surface area contributed by atoms with Crippen molar-refractivity contribution in [2.45, 2.75) is 13.8 Å². The van der Waals surface area contributed by atoms with E-state index in [0.717, 1.165) is 16.5 Å². The molecule has 5 rings (SSSR count). The van der Waals surface area contributed by atoms with E-state index in [0.29, 0.717) is 27.4 Å². The Bertz CT molecular complexity index is 1900. The minimum absolute atomic E-state index is 0.175. The molecule has 0 aliphatic carbocycles. The number of H-pyrrole nitrogens is 1. The zero-order valence-electron chi connectivity index (χ0n) is 23.4. The molecule has 0 aliphatic rings. The Kier molecular flexibility index (Phi) is 8.54. The molecule has 0 atom stereocenters. The maximum Gasteiger partial charge on any atom is 0.343 e. The summed E-state index contributed by atoms with van der Waals surface area (Å²) in [5.41, 5.74) is 6.66. The third kappa shape index (κ3) is 6.27. The molecule has 9 nitrogen and oxygen atoms in total. The van der Waals surface area contributed by atoms with Crippen LogP contribution in [0, 0.1) is 6.92 Å². The fourth-order valence-corrected chi connectivity index (χ4v) is 4.80. The van der Waals surface area contributed by atoms with Gasteiger partial charge in [0.2, 0.25) is 0 Å². The van der Waals surface area contributed by atoms with Gasteiger partial charge in [0.1, 0.15) is 11.4 Å². The number of rotatable bonds is 8. The molecule has 1 aromatic heterocycles. The number of halogens is 1. The molecule has 2 N–H and O–H groups in total. The van der Waals surface area contributed by atoms with Crippen LogP contribution < -0.4 is 19.6 Å². The number of fused-ring (bicyclic) bond motifs is 1. The first kappa shape index (κ1) is 29.1. The Balaban J connectivity index is 1.38. The third-order valence-corrected chi connectivity index (χ3v) is 6.89. The van der Waals surface area contributed by atoms with E-state index in [2.05, 4.69) is 15.5 Å². The lowest BCUT2D eigenvalue weighted by molar-refractivity contribution is -0.132. The third-order valence-electron chi connectivity index (χ3n) is 6.56. The smallest absolute Gasteiger partial charge is 0.343 e. The van der Waals surface area contributed by atoms with E-state index in [1.807, 2.05) is 43.3 Å². The van der Waals surface area contributed by atoms with E-state index < -0.39 is 17.8 Å². The number of aromatic nitrogens is 1. The highest BCUT2D eigenvalue weighted by atomic mass is 35.5. The summed E-state index contributed by atoms with van der Waals surface area (Å²) < 4.78 is 15.9. The van der Waals surface area contributed by atoms with Crippen molar-refractivity contribution in [3.8, 4) is 28.4 Å². The van der Waals surface area contributed by atoms with Crippen molar-refractivity contribution in [2.75, 3.05) is 7.11 Å². The first-order valence-electron chi connectivity index (χ1n) is 13.1. The molecule has 216 valence electrons. The number of ether oxygens (including phenoxy) is 3. The van der Waals surface area contributed by atoms with E-state index in [4.69, 9.17) is 25.8 Å². The van der Waals surface area contributed by atoms with Crippen LogP contribution in [-0.2, 0) is 4.79 Å². The van der Waals surface area contributed by atoms with E-state index in [-0.39, 0.29) is 22.8 Å².